The minimum Gasteiger partial charge on any atom is -0.310 e. The summed E-state index contributed by atoms with van der Waals surface area (Å²) in [6.45, 7) is 13.8. The van der Waals surface area contributed by atoms with Crippen molar-refractivity contribution >= 4 is 110 Å². The van der Waals surface area contributed by atoms with Crippen LogP contribution in [0.3, 0.4) is 0 Å². The third kappa shape index (κ3) is 5.70. The van der Waals surface area contributed by atoms with Crippen LogP contribution < -0.4 is 9.80 Å². The smallest absolute Gasteiger partial charge is 0.125 e. The van der Waals surface area contributed by atoms with Crippen molar-refractivity contribution in [1.82, 2.24) is 8.80 Å². The van der Waals surface area contributed by atoms with E-state index >= 15 is 8.78 Å². The number of nitrogens with zero attached hydrogens (tertiary/aromatic N) is 4. The van der Waals surface area contributed by atoms with Crippen molar-refractivity contribution in [3.8, 4) is 0 Å². The zero-order valence-corrected chi connectivity index (χ0v) is 38.9. The summed E-state index contributed by atoms with van der Waals surface area (Å²) in [5, 5.41) is 9.22. The molecule has 0 aliphatic carbocycles. The van der Waals surface area contributed by atoms with Crippen LogP contribution in [0.4, 0.5) is 42.9 Å². The van der Waals surface area contributed by atoms with Crippen LogP contribution in [0.2, 0.25) is 0 Å². The Hall–Kier alpha value is -7.96. The van der Waals surface area contributed by atoms with E-state index in [0.717, 1.165) is 88.5 Å². The van der Waals surface area contributed by atoms with Gasteiger partial charge >= 0.3 is 0 Å². The van der Waals surface area contributed by atoms with Crippen molar-refractivity contribution in [2.24, 2.45) is 0 Å². The van der Waals surface area contributed by atoms with Crippen molar-refractivity contribution in [1.29, 1.82) is 0 Å². The highest BCUT2D eigenvalue weighted by molar-refractivity contribution is 6.32. The van der Waals surface area contributed by atoms with Gasteiger partial charge < -0.3 is 18.6 Å². The molecule has 0 radical (unpaired) electrons. The van der Waals surface area contributed by atoms with E-state index in [4.69, 9.17) is 0 Å². The molecule has 0 saturated carbocycles. The van der Waals surface area contributed by atoms with Crippen LogP contribution in [0.5, 0.6) is 0 Å². The highest BCUT2D eigenvalue weighted by Gasteiger charge is 2.31. The highest BCUT2D eigenvalue weighted by Crippen LogP contribution is 2.53. The van der Waals surface area contributed by atoms with Gasteiger partial charge in [-0.3, -0.25) is 0 Å². The van der Waals surface area contributed by atoms with Crippen LogP contribution in [-0.2, 0) is 10.8 Å². The number of benzene rings is 9. The topological polar surface area (TPSA) is 15.3 Å². The summed E-state index contributed by atoms with van der Waals surface area (Å²) >= 11 is 0. The first-order valence-corrected chi connectivity index (χ1v) is 23.5. The molecule has 0 fully saturated rings. The third-order valence-corrected chi connectivity index (χ3v) is 14.3. The lowest BCUT2D eigenvalue weighted by molar-refractivity contribution is 0.594. The first kappa shape index (κ1) is 40.3. The Balaban J connectivity index is 1.19. The van der Waals surface area contributed by atoms with Gasteiger partial charge in [-0.1, -0.05) is 139 Å². The fourth-order valence-electron chi connectivity index (χ4n) is 11.5. The lowest BCUT2D eigenvalue weighted by Gasteiger charge is -2.26. The summed E-state index contributed by atoms with van der Waals surface area (Å²) in [5.74, 6) is -0.564. The summed E-state index contributed by atoms with van der Waals surface area (Å²) in [7, 11) is 0. The number of hydrogen-bond acceptors (Lipinski definition) is 2. The van der Waals surface area contributed by atoms with E-state index in [1.54, 1.807) is 24.3 Å². The molecule has 0 spiro atoms. The first-order valence-electron chi connectivity index (χ1n) is 23.5. The van der Waals surface area contributed by atoms with Gasteiger partial charge in [0.15, 0.2) is 0 Å². The number of hydrogen-bond donors (Lipinski definition) is 0. The van der Waals surface area contributed by atoms with Crippen LogP contribution in [-0.4, -0.2) is 8.80 Å². The molecule has 6 heteroatoms. The van der Waals surface area contributed by atoms with Gasteiger partial charge in [-0.25, -0.2) is 8.78 Å². The standard InChI is InChI=1S/C62H48F2N4/c1-61(2,3)49-27-15-25-45-55-51(65(39-19-9-7-10-20-39)41-23-13-17-37(63)33-41)31-29-43-47-36-54-48(35-53(47)67(57(45)49)59(43)55)44-30-32-52(66(40-21-11-8-12-22-40)42-24-14-18-38(64)34-42)56-46-26-16-28-50(62(4,5)6)58(46)68(54)60(44)56/h7-36H,1-6H3. The van der Waals surface area contributed by atoms with Gasteiger partial charge in [0, 0.05) is 65.8 Å². The zero-order valence-electron chi connectivity index (χ0n) is 38.9. The fraction of sp³-hybridized carbons (Fsp3) is 0.129. The fourth-order valence-corrected chi connectivity index (χ4v) is 11.5. The Morgan fingerprint density at radius 1 is 0.338 bits per heavy atom. The van der Waals surface area contributed by atoms with Gasteiger partial charge in [-0.05, 0) is 107 Å². The molecule has 0 atom stereocenters. The molecule has 4 aromatic heterocycles. The first-order chi connectivity index (χ1) is 32.9. The molecule has 0 bridgehead atoms. The molecule has 0 aliphatic rings. The van der Waals surface area contributed by atoms with Gasteiger partial charge in [0.1, 0.15) is 11.6 Å². The second-order valence-corrected chi connectivity index (χ2v) is 20.5. The average molecular weight is 887 g/mol. The molecule has 4 nitrogen and oxygen atoms in total. The van der Waals surface area contributed by atoms with Crippen LogP contribution in [0.1, 0.15) is 52.7 Å². The number of aromatic nitrogens is 2. The maximum atomic E-state index is 15.2. The van der Waals surface area contributed by atoms with E-state index in [1.165, 1.54) is 45.1 Å². The molecule has 13 rings (SSSR count). The number of anilines is 6. The second-order valence-electron chi connectivity index (χ2n) is 20.5. The molecule has 330 valence electrons. The van der Waals surface area contributed by atoms with E-state index < -0.39 is 0 Å². The second kappa shape index (κ2) is 14.3. The highest BCUT2D eigenvalue weighted by atomic mass is 19.1. The zero-order chi connectivity index (χ0) is 46.4. The SMILES string of the molecule is CC(C)(C)c1cccc2c3c(N(c4ccccc4)c4cccc(F)c4)ccc4c5cc6c(cc5n(c12)c43)c1ccc(N(c2ccccc2)c2cccc(F)c2)c2c3cccc(C(C)(C)C)c3n6c12. The summed E-state index contributed by atoms with van der Waals surface area (Å²) in [4.78, 5) is 4.40. The van der Waals surface area contributed by atoms with Gasteiger partial charge in [-0.15, -0.1) is 0 Å². The Morgan fingerprint density at radius 3 is 1.10 bits per heavy atom. The molecule has 0 amide bonds. The molecule has 0 aliphatic heterocycles. The average Bonchev–Trinajstić information content (AvgIpc) is 4.05. The van der Waals surface area contributed by atoms with Crippen molar-refractivity contribution in [2.45, 2.75) is 52.4 Å². The Morgan fingerprint density at radius 2 is 0.721 bits per heavy atom. The van der Waals surface area contributed by atoms with E-state index in [0.29, 0.717) is 0 Å². The van der Waals surface area contributed by atoms with Crippen molar-refractivity contribution in [2.75, 3.05) is 9.80 Å². The Kier molecular flexibility index (Phi) is 8.46. The predicted octanol–water partition coefficient (Wildman–Crippen LogP) is 17.8. The summed E-state index contributed by atoms with van der Waals surface area (Å²) in [6, 6.07) is 61.7. The summed E-state index contributed by atoms with van der Waals surface area (Å²) < 4.78 is 35.5. The van der Waals surface area contributed by atoms with Crippen LogP contribution in [0, 0.1) is 11.6 Å². The summed E-state index contributed by atoms with van der Waals surface area (Å²) in [5.41, 5.74) is 14.5. The Bertz CT molecular complexity index is 3860. The molecule has 0 N–H and O–H groups in total. The van der Waals surface area contributed by atoms with Crippen LogP contribution in [0.15, 0.2) is 182 Å². The molecule has 4 heterocycles. The quantitative estimate of drug-likeness (QED) is 0.165. The normalized spacial score (nSPS) is 12.7. The molecule has 0 unspecified atom stereocenters. The number of halogens is 2. The van der Waals surface area contributed by atoms with Gasteiger partial charge in [0.2, 0.25) is 0 Å². The maximum Gasteiger partial charge on any atom is 0.125 e. The lowest BCUT2D eigenvalue weighted by Crippen LogP contribution is -2.12. The molecular formula is C62H48F2N4. The molecule has 68 heavy (non-hydrogen) atoms. The lowest BCUT2D eigenvalue weighted by atomic mass is 9.85. The van der Waals surface area contributed by atoms with Crippen molar-refractivity contribution < 1.29 is 8.78 Å². The minimum atomic E-state index is -0.282. The molecule has 0 saturated heterocycles. The van der Waals surface area contributed by atoms with Crippen molar-refractivity contribution in [3.05, 3.63) is 205 Å². The van der Waals surface area contributed by atoms with E-state index in [-0.39, 0.29) is 22.5 Å². The van der Waals surface area contributed by atoms with E-state index in [1.807, 2.05) is 48.5 Å². The Labute approximate surface area is 393 Å². The number of para-hydroxylation sites is 4. The molecule has 13 aromatic rings. The van der Waals surface area contributed by atoms with Crippen molar-refractivity contribution in [3.63, 3.8) is 0 Å². The molecule has 9 aromatic carbocycles. The predicted molar refractivity (Wildman–Crippen MR) is 282 cm³/mol. The largest absolute Gasteiger partial charge is 0.310 e. The van der Waals surface area contributed by atoms with Crippen LogP contribution >= 0.6 is 0 Å². The van der Waals surface area contributed by atoms with Crippen LogP contribution in [0.25, 0.3) is 76.2 Å². The third-order valence-electron chi connectivity index (χ3n) is 14.3. The van der Waals surface area contributed by atoms with Gasteiger partial charge in [-0.2, -0.15) is 0 Å². The monoisotopic (exact) mass is 886 g/mol. The number of rotatable bonds is 6. The minimum absolute atomic E-state index is 0.177. The summed E-state index contributed by atoms with van der Waals surface area (Å²) in [6.07, 6.45) is 0. The van der Waals surface area contributed by atoms with Gasteiger partial charge in [0.25, 0.3) is 0 Å². The van der Waals surface area contributed by atoms with E-state index in [9.17, 15) is 0 Å². The number of fused-ring (bicyclic) bond motifs is 12. The maximum absolute atomic E-state index is 15.2. The van der Waals surface area contributed by atoms with Gasteiger partial charge in [0.05, 0.1) is 44.5 Å². The molecular weight excluding hydrogens is 839 g/mol. The van der Waals surface area contributed by atoms with E-state index in [2.05, 4.69) is 157 Å².